The topological polar surface area (TPSA) is 42.0 Å². The summed E-state index contributed by atoms with van der Waals surface area (Å²) in [5.41, 5.74) is 0.894. The number of rotatable bonds is 1. The number of nitrogens with zero attached hydrogens (tertiary/aromatic N) is 1. The maximum atomic E-state index is 10.9. The molecule has 0 radical (unpaired) electrons. The zero-order valence-corrected chi connectivity index (χ0v) is 7.71. The molecular formula is C9H9ClN2O. The highest BCUT2D eigenvalue weighted by atomic mass is 35.5. The van der Waals surface area contributed by atoms with Gasteiger partial charge in [0.1, 0.15) is 5.15 Å². The third kappa shape index (κ3) is 1.80. The van der Waals surface area contributed by atoms with E-state index in [-0.39, 0.29) is 11.8 Å². The summed E-state index contributed by atoms with van der Waals surface area (Å²) in [6, 6.07) is 5.49. The number of amides is 1. The molecule has 0 aromatic carbocycles. The number of carbonyl (C=O) groups excluding carboxylic acids is 1. The number of hydrogen-bond acceptors (Lipinski definition) is 2. The molecular weight excluding hydrogens is 188 g/mol. The van der Waals surface area contributed by atoms with E-state index < -0.39 is 0 Å². The van der Waals surface area contributed by atoms with Crippen molar-refractivity contribution in [1.82, 2.24) is 10.3 Å². The van der Waals surface area contributed by atoms with Gasteiger partial charge in [-0.25, -0.2) is 4.98 Å². The molecule has 1 aliphatic rings. The van der Waals surface area contributed by atoms with Crippen LogP contribution in [0.2, 0.25) is 5.15 Å². The lowest BCUT2D eigenvalue weighted by Gasteiger charge is -2.05. The van der Waals surface area contributed by atoms with E-state index >= 15 is 0 Å². The van der Waals surface area contributed by atoms with Gasteiger partial charge in [0.15, 0.2) is 0 Å². The standard InChI is InChI=1S/C9H9ClN2O/c10-8-3-1-2-7(12-8)6-4-9(13)11-5-6/h1-3,6H,4-5H2,(H,11,13). The van der Waals surface area contributed by atoms with E-state index in [0.717, 1.165) is 5.69 Å². The molecule has 1 aliphatic heterocycles. The van der Waals surface area contributed by atoms with E-state index in [1.807, 2.05) is 12.1 Å². The van der Waals surface area contributed by atoms with E-state index in [1.54, 1.807) is 6.07 Å². The Morgan fingerprint density at radius 1 is 1.54 bits per heavy atom. The largest absolute Gasteiger partial charge is 0.355 e. The van der Waals surface area contributed by atoms with Crippen LogP contribution >= 0.6 is 11.6 Å². The molecule has 2 rings (SSSR count). The summed E-state index contributed by atoms with van der Waals surface area (Å²) in [6.07, 6.45) is 0.521. The average molecular weight is 197 g/mol. The Morgan fingerprint density at radius 3 is 3.00 bits per heavy atom. The van der Waals surface area contributed by atoms with Crippen molar-refractivity contribution < 1.29 is 4.79 Å². The van der Waals surface area contributed by atoms with Crippen LogP contribution in [0.1, 0.15) is 18.0 Å². The molecule has 0 spiro atoms. The van der Waals surface area contributed by atoms with E-state index in [4.69, 9.17) is 11.6 Å². The van der Waals surface area contributed by atoms with Crippen LogP contribution in [0.15, 0.2) is 18.2 Å². The number of pyridine rings is 1. The van der Waals surface area contributed by atoms with Crippen molar-refractivity contribution in [2.75, 3.05) is 6.54 Å². The molecule has 0 aliphatic carbocycles. The van der Waals surface area contributed by atoms with Gasteiger partial charge in [-0.3, -0.25) is 4.79 Å². The normalized spacial score (nSPS) is 21.6. The quantitative estimate of drug-likeness (QED) is 0.689. The molecule has 1 aromatic rings. The molecule has 68 valence electrons. The lowest BCUT2D eigenvalue weighted by atomic mass is 10.0. The molecule has 1 amide bonds. The molecule has 0 bridgehead atoms. The number of nitrogens with one attached hydrogen (secondary N) is 1. The minimum atomic E-state index is 0.0896. The molecule has 3 nitrogen and oxygen atoms in total. The van der Waals surface area contributed by atoms with Crippen molar-refractivity contribution >= 4 is 17.5 Å². The van der Waals surface area contributed by atoms with Crippen molar-refractivity contribution in [3.8, 4) is 0 Å². The predicted octanol–water partition coefficient (Wildman–Crippen LogP) is 1.34. The van der Waals surface area contributed by atoms with Gasteiger partial charge in [0.25, 0.3) is 0 Å². The summed E-state index contributed by atoms with van der Waals surface area (Å²) < 4.78 is 0. The van der Waals surface area contributed by atoms with Crippen molar-refractivity contribution in [2.45, 2.75) is 12.3 Å². The average Bonchev–Trinajstić information content (AvgIpc) is 2.52. The minimum absolute atomic E-state index is 0.0896. The van der Waals surface area contributed by atoms with Gasteiger partial charge in [-0.05, 0) is 12.1 Å². The zero-order chi connectivity index (χ0) is 9.26. The van der Waals surface area contributed by atoms with Crippen LogP contribution in [0.3, 0.4) is 0 Å². The van der Waals surface area contributed by atoms with Gasteiger partial charge < -0.3 is 5.32 Å². The summed E-state index contributed by atoms with van der Waals surface area (Å²) in [5, 5.41) is 3.25. The number of aromatic nitrogens is 1. The summed E-state index contributed by atoms with van der Waals surface area (Å²) >= 11 is 5.74. The summed E-state index contributed by atoms with van der Waals surface area (Å²) in [5.74, 6) is 0.276. The lowest BCUT2D eigenvalue weighted by molar-refractivity contribution is -0.119. The molecule has 1 N–H and O–H groups in total. The maximum Gasteiger partial charge on any atom is 0.220 e. The summed E-state index contributed by atoms with van der Waals surface area (Å²) in [4.78, 5) is 15.1. The maximum absolute atomic E-state index is 10.9. The highest BCUT2D eigenvalue weighted by molar-refractivity contribution is 6.29. The third-order valence-electron chi connectivity index (χ3n) is 2.13. The van der Waals surface area contributed by atoms with Gasteiger partial charge in [0.05, 0.1) is 0 Å². The Morgan fingerprint density at radius 2 is 2.38 bits per heavy atom. The Hall–Kier alpha value is -1.09. The summed E-state index contributed by atoms with van der Waals surface area (Å²) in [7, 11) is 0. The van der Waals surface area contributed by atoms with Gasteiger partial charge in [-0.1, -0.05) is 17.7 Å². The van der Waals surface area contributed by atoms with Gasteiger partial charge in [-0.15, -0.1) is 0 Å². The van der Waals surface area contributed by atoms with Gasteiger partial charge in [-0.2, -0.15) is 0 Å². The first-order chi connectivity index (χ1) is 6.25. The van der Waals surface area contributed by atoms with Crippen LogP contribution < -0.4 is 5.32 Å². The van der Waals surface area contributed by atoms with Crippen molar-refractivity contribution in [3.63, 3.8) is 0 Å². The van der Waals surface area contributed by atoms with E-state index in [9.17, 15) is 4.79 Å². The fourth-order valence-corrected chi connectivity index (χ4v) is 1.64. The fraction of sp³-hybridized carbons (Fsp3) is 0.333. The van der Waals surface area contributed by atoms with E-state index in [0.29, 0.717) is 18.1 Å². The molecule has 1 saturated heterocycles. The molecule has 1 atom stereocenters. The van der Waals surface area contributed by atoms with Crippen molar-refractivity contribution in [3.05, 3.63) is 29.0 Å². The van der Waals surface area contributed by atoms with Crippen LogP contribution in [0.5, 0.6) is 0 Å². The lowest BCUT2D eigenvalue weighted by Crippen LogP contribution is -2.13. The zero-order valence-electron chi connectivity index (χ0n) is 6.96. The molecule has 0 saturated carbocycles. The summed E-state index contributed by atoms with van der Waals surface area (Å²) in [6.45, 7) is 0.673. The van der Waals surface area contributed by atoms with Crippen LogP contribution in [0, 0.1) is 0 Å². The van der Waals surface area contributed by atoms with Crippen molar-refractivity contribution in [2.24, 2.45) is 0 Å². The first-order valence-electron chi connectivity index (χ1n) is 4.15. The number of hydrogen-bond donors (Lipinski definition) is 1. The monoisotopic (exact) mass is 196 g/mol. The molecule has 13 heavy (non-hydrogen) atoms. The Kier molecular flexibility index (Phi) is 2.19. The van der Waals surface area contributed by atoms with E-state index in [1.165, 1.54) is 0 Å². The second kappa shape index (κ2) is 3.34. The highest BCUT2D eigenvalue weighted by Crippen LogP contribution is 2.21. The number of carbonyl (C=O) groups is 1. The molecule has 1 unspecified atom stereocenters. The molecule has 1 fully saturated rings. The SMILES string of the molecule is O=C1CC(c2cccc(Cl)n2)CN1. The highest BCUT2D eigenvalue weighted by Gasteiger charge is 2.23. The Labute approximate surface area is 81.1 Å². The fourth-order valence-electron chi connectivity index (χ4n) is 1.47. The van der Waals surface area contributed by atoms with Crippen molar-refractivity contribution in [1.29, 1.82) is 0 Å². The van der Waals surface area contributed by atoms with Crippen LogP contribution in [-0.4, -0.2) is 17.4 Å². The first-order valence-corrected chi connectivity index (χ1v) is 4.52. The Balaban J connectivity index is 2.21. The van der Waals surface area contributed by atoms with Gasteiger partial charge in [0.2, 0.25) is 5.91 Å². The second-order valence-electron chi connectivity index (χ2n) is 3.09. The number of halogens is 1. The smallest absolute Gasteiger partial charge is 0.220 e. The molecule has 1 aromatic heterocycles. The van der Waals surface area contributed by atoms with E-state index in [2.05, 4.69) is 10.3 Å². The predicted molar refractivity (Wildman–Crippen MR) is 49.6 cm³/mol. The van der Waals surface area contributed by atoms with Gasteiger partial charge >= 0.3 is 0 Å². The first kappa shape index (κ1) is 8.51. The third-order valence-corrected chi connectivity index (χ3v) is 2.34. The second-order valence-corrected chi connectivity index (χ2v) is 3.48. The Bertz CT molecular complexity index is 340. The molecule has 4 heteroatoms. The van der Waals surface area contributed by atoms with Crippen LogP contribution in [-0.2, 0) is 4.79 Å². The van der Waals surface area contributed by atoms with Gasteiger partial charge in [0, 0.05) is 24.6 Å². The van der Waals surface area contributed by atoms with Crippen LogP contribution in [0.4, 0.5) is 0 Å². The molecule has 2 heterocycles. The minimum Gasteiger partial charge on any atom is -0.355 e. The van der Waals surface area contributed by atoms with Crippen LogP contribution in [0.25, 0.3) is 0 Å².